The topological polar surface area (TPSA) is 61.3 Å². The van der Waals surface area contributed by atoms with Gasteiger partial charge in [0.15, 0.2) is 0 Å². The van der Waals surface area contributed by atoms with Gasteiger partial charge in [-0.05, 0) is 35.3 Å². The molecule has 1 aromatic rings. The molecule has 4 N–H and O–H groups in total. The van der Waals surface area contributed by atoms with Gasteiger partial charge in [-0.1, -0.05) is 6.92 Å². The molecular weight excluding hydrogens is 275 g/mol. The van der Waals surface area contributed by atoms with Gasteiger partial charge in [0.1, 0.15) is 5.82 Å². The third-order valence-electron chi connectivity index (χ3n) is 2.39. The first-order chi connectivity index (χ1) is 7.52. The van der Waals surface area contributed by atoms with Crippen molar-refractivity contribution in [2.24, 2.45) is 0 Å². The lowest BCUT2D eigenvalue weighted by atomic mass is 10.0. The van der Waals surface area contributed by atoms with E-state index in [1.54, 1.807) is 0 Å². The third kappa shape index (κ3) is 2.47. The van der Waals surface area contributed by atoms with Gasteiger partial charge in [-0.2, -0.15) is 0 Å². The van der Waals surface area contributed by atoms with Gasteiger partial charge in [-0.3, -0.25) is 0 Å². The Hall–Kier alpha value is -0.810. The lowest BCUT2D eigenvalue weighted by molar-refractivity contribution is 0.0578. The fraction of sp³-hybridized carbons (Fsp3) is 0.455. The van der Waals surface area contributed by atoms with Crippen molar-refractivity contribution in [2.45, 2.75) is 26.4 Å². The van der Waals surface area contributed by atoms with E-state index in [0.29, 0.717) is 28.8 Å². The molecule has 1 aromatic carbocycles. The summed E-state index contributed by atoms with van der Waals surface area (Å²) in [6.45, 7) is 4.28. The minimum atomic E-state index is -0.396. The Kier molecular flexibility index (Phi) is 4.56. The highest BCUT2D eigenvalue weighted by Gasteiger charge is 2.21. The summed E-state index contributed by atoms with van der Waals surface area (Å²) in [5, 5.41) is 0. The molecule has 0 aliphatic rings. The molecule has 0 amide bonds. The fourth-order valence-corrected chi connectivity index (χ4v) is 2.06. The Labute approximate surface area is 103 Å². The van der Waals surface area contributed by atoms with Crippen molar-refractivity contribution in [3.8, 4) is 0 Å². The number of anilines is 2. The smallest absolute Gasteiger partial charge is 0.145 e. The summed E-state index contributed by atoms with van der Waals surface area (Å²) in [6, 6.07) is 1.47. The number of hydrogen-bond donors (Lipinski definition) is 2. The first kappa shape index (κ1) is 13.3. The van der Waals surface area contributed by atoms with Gasteiger partial charge in [0, 0.05) is 12.2 Å². The number of benzene rings is 1. The van der Waals surface area contributed by atoms with Crippen LogP contribution >= 0.6 is 15.9 Å². The van der Waals surface area contributed by atoms with E-state index in [-0.39, 0.29) is 11.8 Å². The van der Waals surface area contributed by atoms with E-state index in [1.165, 1.54) is 6.07 Å². The number of nitrogen functional groups attached to an aromatic ring is 2. The summed E-state index contributed by atoms with van der Waals surface area (Å²) in [6.07, 6.45) is 0.287. The number of ether oxygens (including phenoxy) is 1. The molecule has 0 saturated heterocycles. The molecule has 1 unspecified atom stereocenters. The minimum Gasteiger partial charge on any atom is -0.397 e. The van der Waals surface area contributed by atoms with Gasteiger partial charge < -0.3 is 16.2 Å². The highest BCUT2D eigenvalue weighted by Crippen LogP contribution is 2.36. The summed E-state index contributed by atoms with van der Waals surface area (Å²) in [5.74, 6) is -0.396. The van der Waals surface area contributed by atoms with E-state index in [9.17, 15) is 4.39 Å². The number of hydrogen-bond acceptors (Lipinski definition) is 3. The van der Waals surface area contributed by atoms with Crippen LogP contribution in [0.2, 0.25) is 0 Å². The molecule has 0 aromatic heterocycles. The molecule has 0 spiro atoms. The predicted octanol–water partition coefficient (Wildman–Crippen LogP) is 3.24. The Morgan fingerprint density at radius 2 is 2.06 bits per heavy atom. The van der Waals surface area contributed by atoms with Crippen LogP contribution in [0.4, 0.5) is 15.8 Å². The molecule has 16 heavy (non-hydrogen) atoms. The molecule has 0 radical (unpaired) electrons. The van der Waals surface area contributed by atoms with Crippen LogP contribution in [0.3, 0.4) is 0 Å². The van der Waals surface area contributed by atoms with Crippen molar-refractivity contribution in [2.75, 3.05) is 18.1 Å². The van der Waals surface area contributed by atoms with Crippen molar-refractivity contribution >= 4 is 27.3 Å². The average Bonchev–Trinajstić information content (AvgIpc) is 2.25. The molecule has 1 atom stereocenters. The summed E-state index contributed by atoms with van der Waals surface area (Å²) < 4.78 is 19.7. The van der Waals surface area contributed by atoms with Gasteiger partial charge in [0.25, 0.3) is 0 Å². The SMILES string of the molecule is CCOC(CC)c1c(N)c(N)cc(Br)c1F. The van der Waals surface area contributed by atoms with Crippen molar-refractivity contribution in [1.29, 1.82) is 0 Å². The van der Waals surface area contributed by atoms with Crippen LogP contribution < -0.4 is 11.5 Å². The third-order valence-corrected chi connectivity index (χ3v) is 2.97. The zero-order valence-corrected chi connectivity index (χ0v) is 11.0. The highest BCUT2D eigenvalue weighted by atomic mass is 79.9. The van der Waals surface area contributed by atoms with Crippen LogP contribution in [0.5, 0.6) is 0 Å². The summed E-state index contributed by atoms with van der Waals surface area (Å²) in [7, 11) is 0. The number of halogens is 2. The summed E-state index contributed by atoms with van der Waals surface area (Å²) in [5.41, 5.74) is 12.5. The van der Waals surface area contributed by atoms with Crippen molar-refractivity contribution in [3.05, 3.63) is 21.9 Å². The van der Waals surface area contributed by atoms with Crippen molar-refractivity contribution < 1.29 is 9.13 Å². The number of rotatable bonds is 4. The molecule has 0 aliphatic carbocycles. The van der Waals surface area contributed by atoms with Crippen LogP contribution in [0, 0.1) is 5.82 Å². The first-order valence-electron chi connectivity index (χ1n) is 5.17. The second-order valence-electron chi connectivity index (χ2n) is 3.44. The van der Waals surface area contributed by atoms with Gasteiger partial charge in [-0.15, -0.1) is 0 Å². The van der Waals surface area contributed by atoms with Crippen molar-refractivity contribution in [3.63, 3.8) is 0 Å². The molecule has 0 heterocycles. The molecule has 1 rings (SSSR count). The Morgan fingerprint density at radius 1 is 1.44 bits per heavy atom. The van der Waals surface area contributed by atoms with E-state index >= 15 is 0 Å². The molecule has 0 saturated carbocycles. The second-order valence-corrected chi connectivity index (χ2v) is 4.30. The lowest BCUT2D eigenvalue weighted by Gasteiger charge is -2.20. The largest absolute Gasteiger partial charge is 0.397 e. The van der Waals surface area contributed by atoms with Crippen LogP contribution in [-0.4, -0.2) is 6.61 Å². The monoisotopic (exact) mass is 290 g/mol. The van der Waals surface area contributed by atoms with Crippen LogP contribution in [0.25, 0.3) is 0 Å². The predicted molar refractivity (Wildman–Crippen MR) is 67.6 cm³/mol. The summed E-state index contributed by atoms with van der Waals surface area (Å²) >= 11 is 3.11. The maximum Gasteiger partial charge on any atom is 0.145 e. The van der Waals surface area contributed by atoms with E-state index in [2.05, 4.69) is 15.9 Å². The second kappa shape index (κ2) is 5.50. The van der Waals surface area contributed by atoms with E-state index in [4.69, 9.17) is 16.2 Å². The van der Waals surface area contributed by atoms with Crippen molar-refractivity contribution in [1.82, 2.24) is 0 Å². The highest BCUT2D eigenvalue weighted by molar-refractivity contribution is 9.10. The van der Waals surface area contributed by atoms with Crippen LogP contribution in [0.15, 0.2) is 10.5 Å². The molecular formula is C11H16BrFN2O. The molecule has 0 aliphatic heterocycles. The molecule has 90 valence electrons. The maximum absolute atomic E-state index is 13.9. The molecule has 0 bridgehead atoms. The zero-order chi connectivity index (χ0) is 12.3. The first-order valence-corrected chi connectivity index (χ1v) is 5.96. The molecule has 5 heteroatoms. The van der Waals surface area contributed by atoms with Gasteiger partial charge in [0.2, 0.25) is 0 Å². The van der Waals surface area contributed by atoms with E-state index < -0.39 is 5.82 Å². The molecule has 0 fully saturated rings. The fourth-order valence-electron chi connectivity index (χ4n) is 1.60. The maximum atomic E-state index is 13.9. The van der Waals surface area contributed by atoms with Crippen LogP contribution in [0.1, 0.15) is 31.9 Å². The Balaban J connectivity index is 3.29. The zero-order valence-electron chi connectivity index (χ0n) is 9.39. The lowest BCUT2D eigenvalue weighted by Crippen LogP contribution is -2.11. The average molecular weight is 291 g/mol. The standard InChI is InChI=1S/C11H16BrFN2O/c1-3-8(16-4-2)9-10(13)6(12)5-7(14)11(9)15/h5,8H,3-4,14-15H2,1-2H3. The molecule has 3 nitrogen and oxygen atoms in total. The van der Waals surface area contributed by atoms with E-state index in [1.807, 2.05) is 13.8 Å². The normalized spacial score (nSPS) is 12.8. The van der Waals surface area contributed by atoms with E-state index in [0.717, 1.165) is 0 Å². The minimum absolute atomic E-state index is 0.265. The summed E-state index contributed by atoms with van der Waals surface area (Å²) in [4.78, 5) is 0. The Bertz CT molecular complexity index is 358. The quantitative estimate of drug-likeness (QED) is 0.837. The van der Waals surface area contributed by atoms with Crippen LogP contribution in [-0.2, 0) is 4.74 Å². The van der Waals surface area contributed by atoms with Gasteiger partial charge >= 0.3 is 0 Å². The number of nitrogens with two attached hydrogens (primary N) is 2. The van der Waals surface area contributed by atoms with Gasteiger partial charge in [-0.25, -0.2) is 4.39 Å². The van der Waals surface area contributed by atoms with Gasteiger partial charge in [0.05, 0.1) is 22.0 Å². The Morgan fingerprint density at radius 3 is 2.56 bits per heavy atom.